The van der Waals surface area contributed by atoms with Gasteiger partial charge in [0.25, 0.3) is 0 Å². The van der Waals surface area contributed by atoms with Gasteiger partial charge >= 0.3 is 0 Å². The average molecular weight is 267 g/mol. The number of amides is 1. The van der Waals surface area contributed by atoms with Crippen molar-refractivity contribution in [2.45, 2.75) is 25.9 Å². The standard InChI is InChI=1S/C12H21N5O2/c1-16(4-5-19-9-10-2-3-10)12(18)8-17-7-11(6-13)14-15-17/h7,10H,2-6,8-9,13H2,1H3. The van der Waals surface area contributed by atoms with Crippen LogP contribution in [0.3, 0.4) is 0 Å². The van der Waals surface area contributed by atoms with Crippen LogP contribution in [-0.2, 0) is 22.6 Å². The molecule has 0 radical (unpaired) electrons. The summed E-state index contributed by atoms with van der Waals surface area (Å²) >= 11 is 0. The summed E-state index contributed by atoms with van der Waals surface area (Å²) in [5.74, 6) is 0.745. The predicted molar refractivity (Wildman–Crippen MR) is 69.1 cm³/mol. The number of hydrogen-bond acceptors (Lipinski definition) is 5. The minimum absolute atomic E-state index is 0.0107. The van der Waals surface area contributed by atoms with Crippen LogP contribution in [0.1, 0.15) is 18.5 Å². The molecule has 1 aliphatic rings. The molecule has 0 atom stereocenters. The molecule has 2 N–H and O–H groups in total. The third-order valence-corrected chi connectivity index (χ3v) is 3.14. The van der Waals surface area contributed by atoms with Gasteiger partial charge in [0, 0.05) is 26.7 Å². The van der Waals surface area contributed by atoms with Gasteiger partial charge in [0.05, 0.1) is 18.5 Å². The third kappa shape index (κ3) is 4.60. The maximum Gasteiger partial charge on any atom is 0.244 e. The highest BCUT2D eigenvalue weighted by Gasteiger charge is 2.21. The molecule has 2 rings (SSSR count). The molecule has 1 fully saturated rings. The SMILES string of the molecule is CN(CCOCC1CC1)C(=O)Cn1cc(CN)nn1. The number of nitrogens with zero attached hydrogens (tertiary/aromatic N) is 4. The molecule has 7 heteroatoms. The zero-order valence-electron chi connectivity index (χ0n) is 11.3. The van der Waals surface area contributed by atoms with Crippen molar-refractivity contribution in [2.24, 2.45) is 11.7 Å². The van der Waals surface area contributed by atoms with E-state index in [-0.39, 0.29) is 12.5 Å². The van der Waals surface area contributed by atoms with Gasteiger partial charge in [-0.2, -0.15) is 0 Å². The van der Waals surface area contributed by atoms with E-state index in [1.807, 2.05) is 0 Å². The Hall–Kier alpha value is -1.47. The van der Waals surface area contributed by atoms with E-state index in [1.54, 1.807) is 18.1 Å². The molecule has 0 aliphatic heterocycles. The Balaban J connectivity index is 1.65. The molecular weight excluding hydrogens is 246 g/mol. The normalized spacial score (nSPS) is 14.6. The molecular formula is C12H21N5O2. The minimum atomic E-state index is -0.0107. The second-order valence-corrected chi connectivity index (χ2v) is 4.95. The highest BCUT2D eigenvalue weighted by molar-refractivity contribution is 5.75. The first kappa shape index (κ1) is 14.0. The van der Waals surface area contributed by atoms with Crippen molar-refractivity contribution in [1.29, 1.82) is 0 Å². The van der Waals surface area contributed by atoms with Crippen LogP contribution in [-0.4, -0.2) is 52.6 Å². The summed E-state index contributed by atoms with van der Waals surface area (Å²) in [6.07, 6.45) is 4.25. The maximum atomic E-state index is 11.9. The highest BCUT2D eigenvalue weighted by atomic mass is 16.5. The Kier molecular flexibility index (Phi) is 4.86. The number of nitrogens with two attached hydrogens (primary N) is 1. The first-order chi connectivity index (χ1) is 9.19. The van der Waals surface area contributed by atoms with Crippen LogP contribution in [0.2, 0.25) is 0 Å². The fourth-order valence-corrected chi connectivity index (χ4v) is 1.63. The molecule has 0 bridgehead atoms. The number of hydrogen-bond donors (Lipinski definition) is 1. The zero-order chi connectivity index (χ0) is 13.7. The topological polar surface area (TPSA) is 86.3 Å². The molecule has 1 aromatic heterocycles. The van der Waals surface area contributed by atoms with Gasteiger partial charge in [0.1, 0.15) is 6.54 Å². The predicted octanol–water partition coefficient (Wildman–Crippen LogP) is -0.378. The van der Waals surface area contributed by atoms with Gasteiger partial charge in [-0.05, 0) is 18.8 Å². The minimum Gasteiger partial charge on any atom is -0.379 e. The van der Waals surface area contributed by atoms with Crippen molar-refractivity contribution in [1.82, 2.24) is 19.9 Å². The van der Waals surface area contributed by atoms with E-state index in [0.29, 0.717) is 25.4 Å². The number of carbonyl (C=O) groups excluding carboxylic acids is 1. The number of carbonyl (C=O) groups is 1. The lowest BCUT2D eigenvalue weighted by Crippen LogP contribution is -2.33. The molecule has 0 spiro atoms. The highest BCUT2D eigenvalue weighted by Crippen LogP contribution is 2.28. The van der Waals surface area contributed by atoms with Crippen LogP contribution in [0.4, 0.5) is 0 Å². The first-order valence-electron chi connectivity index (χ1n) is 6.60. The van der Waals surface area contributed by atoms with Crippen molar-refractivity contribution in [2.75, 3.05) is 26.8 Å². The Morgan fingerprint density at radius 3 is 3.05 bits per heavy atom. The Morgan fingerprint density at radius 1 is 1.63 bits per heavy atom. The van der Waals surface area contributed by atoms with E-state index >= 15 is 0 Å². The van der Waals surface area contributed by atoms with Crippen LogP contribution < -0.4 is 5.73 Å². The molecule has 1 amide bonds. The molecule has 0 aromatic carbocycles. The molecule has 0 unspecified atom stereocenters. The van der Waals surface area contributed by atoms with Gasteiger partial charge in [-0.3, -0.25) is 4.79 Å². The molecule has 1 aromatic rings. The van der Waals surface area contributed by atoms with Gasteiger partial charge in [-0.1, -0.05) is 5.21 Å². The van der Waals surface area contributed by atoms with E-state index < -0.39 is 0 Å². The van der Waals surface area contributed by atoms with Crippen LogP contribution in [0, 0.1) is 5.92 Å². The van der Waals surface area contributed by atoms with E-state index in [1.165, 1.54) is 17.5 Å². The van der Waals surface area contributed by atoms with Gasteiger partial charge < -0.3 is 15.4 Å². The summed E-state index contributed by atoms with van der Waals surface area (Å²) in [4.78, 5) is 13.6. The maximum absolute atomic E-state index is 11.9. The number of likely N-dealkylation sites (N-methyl/N-ethyl adjacent to an activating group) is 1. The molecule has 7 nitrogen and oxygen atoms in total. The Bertz CT molecular complexity index is 416. The molecule has 1 aliphatic carbocycles. The van der Waals surface area contributed by atoms with Crippen molar-refractivity contribution in [3.05, 3.63) is 11.9 Å². The van der Waals surface area contributed by atoms with Crippen molar-refractivity contribution >= 4 is 5.91 Å². The van der Waals surface area contributed by atoms with Crippen LogP contribution in [0.5, 0.6) is 0 Å². The summed E-state index contributed by atoms with van der Waals surface area (Å²) in [7, 11) is 1.77. The Labute approximate surface area is 112 Å². The van der Waals surface area contributed by atoms with Crippen LogP contribution in [0.15, 0.2) is 6.20 Å². The largest absolute Gasteiger partial charge is 0.379 e. The summed E-state index contributed by atoms with van der Waals surface area (Å²) in [5.41, 5.74) is 6.12. The fraction of sp³-hybridized carbons (Fsp3) is 0.750. The summed E-state index contributed by atoms with van der Waals surface area (Å²) < 4.78 is 7.01. The second kappa shape index (κ2) is 6.63. The lowest BCUT2D eigenvalue weighted by Gasteiger charge is -2.16. The molecule has 1 saturated carbocycles. The monoisotopic (exact) mass is 267 g/mol. The lowest BCUT2D eigenvalue weighted by atomic mass is 10.4. The molecule has 106 valence electrons. The van der Waals surface area contributed by atoms with E-state index in [0.717, 1.165) is 12.5 Å². The van der Waals surface area contributed by atoms with E-state index in [9.17, 15) is 4.79 Å². The average Bonchev–Trinajstić information content (AvgIpc) is 3.12. The summed E-state index contributed by atoms with van der Waals surface area (Å²) in [5, 5.41) is 7.69. The van der Waals surface area contributed by atoms with Gasteiger partial charge in [0.2, 0.25) is 5.91 Å². The van der Waals surface area contributed by atoms with Gasteiger partial charge in [-0.25, -0.2) is 4.68 Å². The number of ether oxygens (including phenoxy) is 1. The molecule has 19 heavy (non-hydrogen) atoms. The smallest absolute Gasteiger partial charge is 0.244 e. The van der Waals surface area contributed by atoms with E-state index in [2.05, 4.69) is 10.3 Å². The van der Waals surface area contributed by atoms with Crippen LogP contribution in [0.25, 0.3) is 0 Å². The lowest BCUT2D eigenvalue weighted by molar-refractivity contribution is -0.131. The third-order valence-electron chi connectivity index (χ3n) is 3.14. The zero-order valence-corrected chi connectivity index (χ0v) is 11.3. The molecule has 0 saturated heterocycles. The van der Waals surface area contributed by atoms with Gasteiger partial charge in [-0.15, -0.1) is 5.10 Å². The number of aromatic nitrogens is 3. The summed E-state index contributed by atoms with van der Waals surface area (Å²) in [6.45, 7) is 2.53. The Morgan fingerprint density at radius 2 is 2.42 bits per heavy atom. The van der Waals surface area contributed by atoms with Crippen molar-refractivity contribution in [3.63, 3.8) is 0 Å². The molecule has 1 heterocycles. The number of rotatable bonds is 8. The first-order valence-corrected chi connectivity index (χ1v) is 6.60. The second-order valence-electron chi connectivity index (χ2n) is 4.95. The van der Waals surface area contributed by atoms with Crippen LogP contribution >= 0.6 is 0 Å². The van der Waals surface area contributed by atoms with Crippen molar-refractivity contribution in [3.8, 4) is 0 Å². The van der Waals surface area contributed by atoms with Crippen molar-refractivity contribution < 1.29 is 9.53 Å². The summed E-state index contributed by atoms with van der Waals surface area (Å²) in [6, 6.07) is 0. The fourth-order valence-electron chi connectivity index (χ4n) is 1.63. The van der Waals surface area contributed by atoms with E-state index in [4.69, 9.17) is 10.5 Å². The van der Waals surface area contributed by atoms with Gasteiger partial charge in [0.15, 0.2) is 0 Å². The quantitative estimate of drug-likeness (QED) is 0.649.